The third kappa shape index (κ3) is 7.13. The van der Waals surface area contributed by atoms with Crippen molar-refractivity contribution in [2.45, 2.75) is 127 Å². The Labute approximate surface area is 190 Å². The number of unbranched alkanes of at least 4 members (excludes halogenated alkanes) is 4. The molecule has 0 spiro atoms. The van der Waals surface area contributed by atoms with Gasteiger partial charge in [-0.3, -0.25) is 0 Å². The van der Waals surface area contributed by atoms with Crippen LogP contribution in [0.5, 0.6) is 0 Å². The average Bonchev–Trinajstić information content (AvgIpc) is 2.75. The zero-order chi connectivity index (χ0) is 22.9. The number of hydrogen-bond donors (Lipinski definition) is 0. The van der Waals surface area contributed by atoms with Crippen molar-refractivity contribution >= 4 is 24.1 Å². The fraction of sp³-hybridized carbons (Fsp3) is 0.957. The minimum Gasteiger partial charge on any atom is -0.359 e. The largest absolute Gasteiger partial charge is 0.495 e. The van der Waals surface area contributed by atoms with Crippen LogP contribution in [-0.2, 0) is 19.7 Å². The lowest BCUT2D eigenvalue weighted by Gasteiger charge is -2.29. The van der Waals surface area contributed by atoms with Crippen molar-refractivity contribution in [2.24, 2.45) is 11.8 Å². The highest BCUT2D eigenvalue weighted by molar-refractivity contribution is 8.31. The van der Waals surface area contributed by atoms with Crippen molar-refractivity contribution in [1.29, 1.82) is 0 Å². The molecule has 0 atom stereocenters. The van der Waals surface area contributed by atoms with E-state index in [0.717, 1.165) is 51.4 Å². The summed E-state index contributed by atoms with van der Waals surface area (Å²) in [4.78, 5) is 2.88. The second-order valence-electron chi connectivity index (χ2n) is 9.73. The van der Waals surface area contributed by atoms with E-state index >= 15 is 0 Å². The van der Waals surface area contributed by atoms with Gasteiger partial charge >= 0.3 is 4.38 Å². The molecule has 2 rings (SSSR count). The summed E-state index contributed by atoms with van der Waals surface area (Å²) in [6.07, 6.45) is 14.3. The molecule has 0 aromatic rings. The summed E-state index contributed by atoms with van der Waals surface area (Å²) in [6.45, 7) is 4.33. The maximum atomic E-state index is 13.1. The predicted molar refractivity (Wildman–Crippen MR) is 126 cm³/mol. The molecule has 0 unspecified atom stereocenters. The molecule has 2 aliphatic rings. The van der Waals surface area contributed by atoms with Gasteiger partial charge < -0.3 is 5.53 Å². The molecule has 0 saturated heterocycles. The Morgan fingerprint density at radius 1 is 0.677 bits per heavy atom. The van der Waals surface area contributed by atoms with Crippen molar-refractivity contribution < 1.29 is 21.6 Å². The molecule has 0 heterocycles. The predicted octanol–water partition coefficient (Wildman–Crippen LogP) is 5.68. The Balaban J connectivity index is 1.98. The van der Waals surface area contributed by atoms with E-state index in [4.69, 9.17) is 0 Å². The van der Waals surface area contributed by atoms with E-state index in [9.17, 15) is 22.4 Å². The van der Waals surface area contributed by atoms with Gasteiger partial charge in [-0.2, -0.15) is 0 Å². The molecular formula is C23H42N2O4S2. The van der Waals surface area contributed by atoms with Gasteiger partial charge in [0.2, 0.25) is 0 Å². The lowest BCUT2D eigenvalue weighted by molar-refractivity contribution is 0.00356. The van der Waals surface area contributed by atoms with Crippen LogP contribution >= 0.6 is 0 Å². The van der Waals surface area contributed by atoms with Gasteiger partial charge in [0.25, 0.3) is 19.7 Å². The SMILES string of the molecule is CCCCCC1CCC(S(=O)(=O)C(=[N+]=[N-])S(=O)(=O)C2CCC(CCCCC)CC2)CC1. The Morgan fingerprint density at radius 2 is 1.03 bits per heavy atom. The molecular weight excluding hydrogens is 432 g/mol. The maximum Gasteiger partial charge on any atom is 0.495 e. The van der Waals surface area contributed by atoms with E-state index in [1.807, 2.05) is 0 Å². The molecule has 180 valence electrons. The van der Waals surface area contributed by atoms with Gasteiger partial charge in [0, 0.05) is 0 Å². The Kier molecular flexibility index (Phi) is 10.7. The normalized spacial score (nSPS) is 27.5. The van der Waals surface area contributed by atoms with Crippen molar-refractivity contribution in [3.05, 3.63) is 5.53 Å². The zero-order valence-electron chi connectivity index (χ0n) is 19.5. The maximum absolute atomic E-state index is 13.1. The molecule has 0 N–H and O–H groups in total. The summed E-state index contributed by atoms with van der Waals surface area (Å²) in [5.41, 5.74) is 9.48. The average molecular weight is 475 g/mol. The van der Waals surface area contributed by atoms with Crippen LogP contribution in [0.25, 0.3) is 5.53 Å². The van der Waals surface area contributed by atoms with Gasteiger partial charge in [-0.15, -0.1) is 4.79 Å². The number of nitrogens with zero attached hydrogens (tertiary/aromatic N) is 2. The first-order valence-electron chi connectivity index (χ1n) is 12.5. The summed E-state index contributed by atoms with van der Waals surface area (Å²) in [5.74, 6) is 1.04. The molecule has 0 radical (unpaired) electrons. The lowest BCUT2D eigenvalue weighted by atomic mass is 9.85. The van der Waals surface area contributed by atoms with Gasteiger partial charge in [-0.05, 0) is 63.2 Å². The minimum absolute atomic E-state index is 0.456. The summed E-state index contributed by atoms with van der Waals surface area (Å²) < 4.78 is 51.6. The summed E-state index contributed by atoms with van der Waals surface area (Å²) >= 11 is 0. The topological polar surface area (TPSA) is 105 Å². The smallest absolute Gasteiger partial charge is 0.359 e. The van der Waals surface area contributed by atoms with E-state index < -0.39 is 34.6 Å². The highest BCUT2D eigenvalue weighted by Crippen LogP contribution is 2.36. The minimum atomic E-state index is -4.15. The number of sulfone groups is 2. The standard InChI is InChI=1S/C23H42N2O4S2/c1-3-5-7-9-19-11-15-21(16-12-19)30(26,27)23(25-24)31(28,29)22-17-13-20(14-18-22)10-8-6-4-2/h19-22H,3-18H2,1-2H3. The molecule has 0 aromatic carbocycles. The third-order valence-electron chi connectivity index (χ3n) is 7.47. The van der Waals surface area contributed by atoms with Crippen LogP contribution < -0.4 is 0 Å². The first-order valence-corrected chi connectivity index (χ1v) is 15.6. The van der Waals surface area contributed by atoms with Gasteiger partial charge in [0.15, 0.2) is 0 Å². The molecule has 0 aliphatic heterocycles. The third-order valence-corrected chi connectivity index (χ3v) is 12.7. The monoisotopic (exact) mass is 474 g/mol. The van der Waals surface area contributed by atoms with Crippen molar-refractivity contribution in [2.75, 3.05) is 0 Å². The molecule has 0 bridgehead atoms. The second kappa shape index (κ2) is 12.5. The van der Waals surface area contributed by atoms with E-state index in [0.29, 0.717) is 37.5 Å². The molecule has 0 aromatic heterocycles. The lowest BCUT2D eigenvalue weighted by Crippen LogP contribution is -2.41. The van der Waals surface area contributed by atoms with Gasteiger partial charge in [-0.25, -0.2) is 16.8 Å². The summed E-state index contributed by atoms with van der Waals surface area (Å²) in [7, 11) is -8.30. The molecule has 6 nitrogen and oxygen atoms in total. The van der Waals surface area contributed by atoms with E-state index in [1.165, 1.54) is 25.7 Å². The molecule has 2 saturated carbocycles. The molecule has 8 heteroatoms. The Bertz CT molecular complexity index is 739. The summed E-state index contributed by atoms with van der Waals surface area (Å²) in [5, 5.41) is -1.50. The van der Waals surface area contributed by atoms with Crippen molar-refractivity contribution in [3.63, 3.8) is 0 Å². The van der Waals surface area contributed by atoms with E-state index in [-0.39, 0.29) is 0 Å². The first kappa shape index (κ1) is 26.5. The van der Waals surface area contributed by atoms with Crippen LogP contribution in [0, 0.1) is 11.8 Å². The fourth-order valence-corrected chi connectivity index (χ4v) is 10.1. The van der Waals surface area contributed by atoms with Gasteiger partial charge in [0.05, 0.1) is 10.5 Å². The fourth-order valence-electron chi connectivity index (χ4n) is 5.39. The molecule has 2 fully saturated rings. The van der Waals surface area contributed by atoms with Crippen LogP contribution in [0.3, 0.4) is 0 Å². The Morgan fingerprint density at radius 3 is 1.32 bits per heavy atom. The first-order chi connectivity index (χ1) is 14.8. The van der Waals surface area contributed by atoms with Crippen molar-refractivity contribution in [1.82, 2.24) is 0 Å². The van der Waals surface area contributed by atoms with E-state index in [2.05, 4.69) is 18.6 Å². The van der Waals surface area contributed by atoms with Crippen LogP contribution in [-0.4, -0.2) is 36.5 Å². The van der Waals surface area contributed by atoms with Crippen LogP contribution in [0.1, 0.15) is 117 Å². The van der Waals surface area contributed by atoms with Gasteiger partial charge in [-0.1, -0.05) is 65.2 Å². The van der Waals surface area contributed by atoms with E-state index in [1.54, 1.807) is 0 Å². The van der Waals surface area contributed by atoms with Crippen LogP contribution in [0.2, 0.25) is 0 Å². The molecule has 0 amide bonds. The zero-order valence-corrected chi connectivity index (χ0v) is 21.1. The highest BCUT2D eigenvalue weighted by atomic mass is 32.3. The Hall–Kier alpha value is -0.720. The molecule has 31 heavy (non-hydrogen) atoms. The van der Waals surface area contributed by atoms with Crippen molar-refractivity contribution in [3.8, 4) is 0 Å². The highest BCUT2D eigenvalue weighted by Gasteiger charge is 2.50. The second-order valence-corrected chi connectivity index (χ2v) is 14.3. The summed E-state index contributed by atoms with van der Waals surface area (Å²) in [6, 6.07) is 0. The quantitative estimate of drug-likeness (QED) is 0.133. The van der Waals surface area contributed by atoms with Crippen LogP contribution in [0.4, 0.5) is 0 Å². The molecule has 2 aliphatic carbocycles. The van der Waals surface area contributed by atoms with Gasteiger partial charge in [0.1, 0.15) is 0 Å². The number of rotatable bonds is 10. The van der Waals surface area contributed by atoms with Crippen LogP contribution in [0.15, 0.2) is 0 Å². The number of hydrogen-bond acceptors (Lipinski definition) is 4.